The van der Waals surface area contributed by atoms with Gasteiger partial charge in [-0.15, -0.1) is 0 Å². The van der Waals surface area contributed by atoms with E-state index in [0.717, 1.165) is 12.8 Å². The molecule has 0 aliphatic heterocycles. The highest BCUT2D eigenvalue weighted by Crippen LogP contribution is 2.26. The molecule has 0 spiro atoms. The van der Waals surface area contributed by atoms with Crippen molar-refractivity contribution in [2.24, 2.45) is 0 Å². The van der Waals surface area contributed by atoms with Crippen LogP contribution >= 0.6 is 0 Å². The van der Waals surface area contributed by atoms with E-state index in [1.807, 2.05) is 22.9 Å². The van der Waals surface area contributed by atoms with E-state index < -0.39 is 0 Å². The van der Waals surface area contributed by atoms with E-state index in [1.165, 1.54) is 30.4 Å². The molecule has 3 aromatic rings. The van der Waals surface area contributed by atoms with Gasteiger partial charge in [0, 0.05) is 32.5 Å². The molecule has 0 bridgehead atoms. The summed E-state index contributed by atoms with van der Waals surface area (Å²) >= 11 is 0. The SMILES string of the molecule is CN(C)n1ccc2nc3ccn(C4CCCCCC4)c(=O)c3cc2c1=O. The minimum atomic E-state index is -0.161. The van der Waals surface area contributed by atoms with Gasteiger partial charge < -0.3 is 9.58 Å². The Morgan fingerprint density at radius 2 is 1.54 bits per heavy atom. The van der Waals surface area contributed by atoms with E-state index in [0.29, 0.717) is 21.8 Å². The minimum Gasteiger partial charge on any atom is -0.316 e. The average Bonchev–Trinajstić information content (AvgIpc) is 2.90. The molecule has 26 heavy (non-hydrogen) atoms. The summed E-state index contributed by atoms with van der Waals surface area (Å²) in [6.07, 6.45) is 10.5. The van der Waals surface area contributed by atoms with E-state index in [1.54, 1.807) is 31.4 Å². The van der Waals surface area contributed by atoms with Gasteiger partial charge in [0.25, 0.3) is 11.1 Å². The Balaban J connectivity index is 1.92. The van der Waals surface area contributed by atoms with Crippen molar-refractivity contribution in [1.82, 2.24) is 14.2 Å². The highest BCUT2D eigenvalue weighted by atomic mass is 16.1. The van der Waals surface area contributed by atoms with Crippen molar-refractivity contribution in [2.45, 2.75) is 44.6 Å². The van der Waals surface area contributed by atoms with Crippen LogP contribution in [0.1, 0.15) is 44.6 Å². The van der Waals surface area contributed by atoms with Crippen molar-refractivity contribution in [2.75, 3.05) is 19.1 Å². The van der Waals surface area contributed by atoms with Crippen molar-refractivity contribution in [3.05, 3.63) is 51.3 Å². The van der Waals surface area contributed by atoms with Crippen molar-refractivity contribution in [3.63, 3.8) is 0 Å². The molecule has 3 heterocycles. The second kappa shape index (κ2) is 6.59. The third-order valence-corrected chi connectivity index (χ3v) is 5.40. The molecule has 0 unspecified atom stereocenters. The molecule has 0 saturated heterocycles. The normalized spacial score (nSPS) is 16.1. The Labute approximate surface area is 151 Å². The summed E-state index contributed by atoms with van der Waals surface area (Å²) in [7, 11) is 3.61. The smallest absolute Gasteiger partial charge is 0.278 e. The van der Waals surface area contributed by atoms with Crippen LogP contribution in [0.25, 0.3) is 21.8 Å². The third kappa shape index (κ3) is 2.79. The van der Waals surface area contributed by atoms with Gasteiger partial charge in [0.05, 0.1) is 21.8 Å². The second-order valence-corrected chi connectivity index (χ2v) is 7.34. The highest BCUT2D eigenvalue weighted by Gasteiger charge is 2.17. The van der Waals surface area contributed by atoms with Crippen molar-refractivity contribution in [1.29, 1.82) is 0 Å². The zero-order chi connectivity index (χ0) is 18.3. The average molecular weight is 352 g/mol. The van der Waals surface area contributed by atoms with Gasteiger partial charge >= 0.3 is 0 Å². The van der Waals surface area contributed by atoms with Gasteiger partial charge in [-0.25, -0.2) is 9.66 Å². The molecule has 1 saturated carbocycles. The third-order valence-electron chi connectivity index (χ3n) is 5.40. The van der Waals surface area contributed by atoms with Gasteiger partial charge in [0.15, 0.2) is 0 Å². The Bertz CT molecular complexity index is 1070. The lowest BCUT2D eigenvalue weighted by molar-refractivity contribution is 0.434. The summed E-state index contributed by atoms with van der Waals surface area (Å²) in [6.45, 7) is 0. The summed E-state index contributed by atoms with van der Waals surface area (Å²) in [5, 5.41) is 2.71. The number of fused-ring (bicyclic) bond motifs is 2. The summed E-state index contributed by atoms with van der Waals surface area (Å²) in [5.41, 5.74) is 1.07. The highest BCUT2D eigenvalue weighted by molar-refractivity contribution is 5.91. The first-order valence-electron chi connectivity index (χ1n) is 9.31. The molecule has 0 radical (unpaired) electrons. The molecular formula is C20H24N4O2. The number of hydrogen-bond donors (Lipinski definition) is 0. The molecule has 6 nitrogen and oxygen atoms in total. The lowest BCUT2D eigenvalue weighted by Gasteiger charge is -2.18. The molecule has 0 aromatic carbocycles. The summed E-state index contributed by atoms with van der Waals surface area (Å²) in [4.78, 5) is 30.4. The quantitative estimate of drug-likeness (QED) is 0.526. The molecule has 3 aromatic heterocycles. The number of aromatic nitrogens is 3. The molecule has 1 fully saturated rings. The van der Waals surface area contributed by atoms with Crippen LogP contribution in [0, 0.1) is 0 Å². The second-order valence-electron chi connectivity index (χ2n) is 7.34. The molecule has 136 valence electrons. The van der Waals surface area contributed by atoms with Gasteiger partial charge in [-0.1, -0.05) is 25.7 Å². The summed E-state index contributed by atoms with van der Waals surface area (Å²) in [6, 6.07) is 5.68. The summed E-state index contributed by atoms with van der Waals surface area (Å²) < 4.78 is 3.37. The first-order chi connectivity index (χ1) is 12.6. The van der Waals surface area contributed by atoms with Gasteiger partial charge in [-0.05, 0) is 31.0 Å². The Hall–Kier alpha value is -2.63. The molecule has 6 heteroatoms. The van der Waals surface area contributed by atoms with Crippen LogP contribution in [-0.4, -0.2) is 28.3 Å². The summed E-state index contributed by atoms with van der Waals surface area (Å²) in [5.74, 6) is 0. The number of hydrogen-bond acceptors (Lipinski definition) is 4. The van der Waals surface area contributed by atoms with Crippen molar-refractivity contribution in [3.8, 4) is 0 Å². The van der Waals surface area contributed by atoms with Crippen molar-refractivity contribution >= 4 is 21.8 Å². The van der Waals surface area contributed by atoms with E-state index in [2.05, 4.69) is 4.98 Å². The zero-order valence-electron chi connectivity index (χ0n) is 15.3. The minimum absolute atomic E-state index is 0.0385. The van der Waals surface area contributed by atoms with Gasteiger partial charge in [0.2, 0.25) is 0 Å². The molecule has 1 aliphatic rings. The lowest BCUT2D eigenvalue weighted by Crippen LogP contribution is -2.35. The molecule has 0 amide bonds. The van der Waals surface area contributed by atoms with Crippen LogP contribution in [-0.2, 0) is 0 Å². The van der Waals surface area contributed by atoms with Crippen LogP contribution in [0.2, 0.25) is 0 Å². The molecule has 1 aliphatic carbocycles. The van der Waals surface area contributed by atoms with E-state index in [9.17, 15) is 9.59 Å². The fourth-order valence-corrected chi connectivity index (χ4v) is 3.97. The van der Waals surface area contributed by atoms with Crippen LogP contribution < -0.4 is 16.1 Å². The van der Waals surface area contributed by atoms with Crippen LogP contribution in [0.5, 0.6) is 0 Å². The number of pyridine rings is 3. The van der Waals surface area contributed by atoms with Crippen molar-refractivity contribution < 1.29 is 0 Å². The Morgan fingerprint density at radius 1 is 0.923 bits per heavy atom. The zero-order valence-corrected chi connectivity index (χ0v) is 15.3. The maximum absolute atomic E-state index is 13.1. The first-order valence-corrected chi connectivity index (χ1v) is 9.31. The van der Waals surface area contributed by atoms with Crippen LogP contribution in [0.4, 0.5) is 0 Å². The Morgan fingerprint density at radius 3 is 2.19 bits per heavy atom. The molecule has 4 rings (SSSR count). The van der Waals surface area contributed by atoms with Crippen LogP contribution in [0.15, 0.2) is 40.2 Å². The van der Waals surface area contributed by atoms with Gasteiger partial charge in [-0.2, -0.15) is 0 Å². The van der Waals surface area contributed by atoms with Gasteiger partial charge in [0.1, 0.15) is 0 Å². The fourth-order valence-electron chi connectivity index (χ4n) is 3.97. The predicted molar refractivity (Wildman–Crippen MR) is 105 cm³/mol. The Kier molecular flexibility index (Phi) is 4.26. The van der Waals surface area contributed by atoms with Gasteiger partial charge in [-0.3, -0.25) is 9.59 Å². The topological polar surface area (TPSA) is 60.1 Å². The fraction of sp³-hybridized carbons (Fsp3) is 0.450. The van der Waals surface area contributed by atoms with E-state index >= 15 is 0 Å². The number of nitrogens with zero attached hydrogens (tertiary/aromatic N) is 4. The maximum Gasteiger partial charge on any atom is 0.278 e. The van der Waals surface area contributed by atoms with Crippen LogP contribution in [0.3, 0.4) is 0 Å². The van der Waals surface area contributed by atoms with E-state index in [-0.39, 0.29) is 17.2 Å². The maximum atomic E-state index is 13.1. The van der Waals surface area contributed by atoms with E-state index in [4.69, 9.17) is 0 Å². The molecular weight excluding hydrogens is 328 g/mol. The lowest BCUT2D eigenvalue weighted by atomic mass is 10.1. The predicted octanol–water partition coefficient (Wildman–Crippen LogP) is 2.80. The number of rotatable bonds is 2. The molecule has 0 N–H and O–H groups in total. The standard InChI is InChI=1S/C20H24N4O2/c1-22(2)24-12-10-18-16(20(24)26)13-15-17(21-18)9-11-23(19(15)25)14-7-5-3-4-6-8-14/h9-14H,3-8H2,1-2H3. The molecule has 0 atom stereocenters. The monoisotopic (exact) mass is 352 g/mol. The first kappa shape index (κ1) is 16.8. The largest absolute Gasteiger partial charge is 0.316 e.